The van der Waals surface area contributed by atoms with Crippen molar-refractivity contribution in [3.8, 4) is 11.1 Å². The maximum absolute atomic E-state index is 14.9. The molecule has 2 N–H and O–H groups in total. The number of hydrogen-bond acceptors (Lipinski definition) is 4. The van der Waals surface area contributed by atoms with Crippen molar-refractivity contribution in [2.24, 2.45) is 5.92 Å². The highest BCUT2D eigenvalue weighted by atomic mass is 19.1. The second kappa shape index (κ2) is 7.45. The van der Waals surface area contributed by atoms with Crippen LogP contribution in [0, 0.1) is 25.6 Å². The van der Waals surface area contributed by atoms with Crippen molar-refractivity contribution in [1.82, 2.24) is 9.97 Å². The van der Waals surface area contributed by atoms with Crippen LogP contribution in [0.3, 0.4) is 0 Å². The number of halogens is 1. The lowest BCUT2D eigenvalue weighted by atomic mass is 9.90. The van der Waals surface area contributed by atoms with Crippen molar-refractivity contribution in [3.05, 3.63) is 76.5 Å². The van der Waals surface area contributed by atoms with Crippen LogP contribution in [0.1, 0.15) is 52.7 Å². The summed E-state index contributed by atoms with van der Waals surface area (Å²) in [4.78, 5) is 19.9. The SMILES string of the molecule is Cc1cccc(C)c1-c1ccc(F)c2c1CC[C@H]2Nc1cnc([C@H]2C[C@@H]2C(=O)O)cn1. The molecule has 0 aliphatic heterocycles. The van der Waals surface area contributed by atoms with Crippen molar-refractivity contribution >= 4 is 11.8 Å². The number of aromatic nitrogens is 2. The molecule has 5 nitrogen and oxygen atoms in total. The number of carbonyl (C=O) groups is 1. The topological polar surface area (TPSA) is 75.1 Å². The number of fused-ring (bicyclic) bond motifs is 1. The lowest BCUT2D eigenvalue weighted by molar-refractivity contribution is -0.138. The van der Waals surface area contributed by atoms with Crippen LogP contribution in [0.2, 0.25) is 0 Å². The first-order valence-electron chi connectivity index (χ1n) is 10.6. The van der Waals surface area contributed by atoms with E-state index in [4.69, 9.17) is 5.11 Å². The summed E-state index contributed by atoms with van der Waals surface area (Å²) >= 11 is 0. The molecule has 1 aromatic heterocycles. The largest absolute Gasteiger partial charge is 0.481 e. The predicted octanol–water partition coefficient (Wildman–Crippen LogP) is 5.19. The number of nitrogens with zero attached hydrogens (tertiary/aromatic N) is 2. The van der Waals surface area contributed by atoms with Gasteiger partial charge in [0.2, 0.25) is 0 Å². The molecule has 158 valence electrons. The van der Waals surface area contributed by atoms with Crippen LogP contribution in [0.5, 0.6) is 0 Å². The second-order valence-electron chi connectivity index (χ2n) is 8.60. The van der Waals surface area contributed by atoms with E-state index in [0.717, 1.165) is 24.0 Å². The molecule has 3 atom stereocenters. The van der Waals surface area contributed by atoms with Crippen molar-refractivity contribution < 1.29 is 14.3 Å². The third kappa shape index (κ3) is 3.46. The molecule has 0 saturated heterocycles. The van der Waals surface area contributed by atoms with Gasteiger partial charge in [-0.15, -0.1) is 0 Å². The van der Waals surface area contributed by atoms with Crippen LogP contribution < -0.4 is 5.32 Å². The fourth-order valence-electron chi connectivity index (χ4n) is 4.91. The van der Waals surface area contributed by atoms with Gasteiger partial charge in [0.15, 0.2) is 0 Å². The molecule has 0 unspecified atom stereocenters. The van der Waals surface area contributed by atoms with Crippen molar-refractivity contribution in [1.29, 1.82) is 0 Å². The molecule has 3 aromatic rings. The Kier molecular flexibility index (Phi) is 4.73. The van der Waals surface area contributed by atoms with E-state index in [1.54, 1.807) is 18.5 Å². The summed E-state index contributed by atoms with van der Waals surface area (Å²) in [5.41, 5.74) is 7.12. The zero-order valence-corrected chi connectivity index (χ0v) is 17.5. The summed E-state index contributed by atoms with van der Waals surface area (Å²) in [6.45, 7) is 4.18. The Morgan fingerprint density at radius 2 is 1.90 bits per heavy atom. The summed E-state index contributed by atoms with van der Waals surface area (Å²) in [6.07, 6.45) is 5.44. The van der Waals surface area contributed by atoms with Gasteiger partial charge in [-0.2, -0.15) is 0 Å². The average molecular weight is 417 g/mol. The minimum atomic E-state index is -0.785. The Morgan fingerprint density at radius 1 is 1.13 bits per heavy atom. The molecule has 0 radical (unpaired) electrons. The highest BCUT2D eigenvalue weighted by Crippen LogP contribution is 2.47. The van der Waals surface area contributed by atoms with E-state index in [9.17, 15) is 9.18 Å². The zero-order valence-electron chi connectivity index (χ0n) is 17.5. The van der Waals surface area contributed by atoms with Crippen molar-refractivity contribution in [2.45, 2.75) is 45.1 Å². The first-order chi connectivity index (χ1) is 14.9. The van der Waals surface area contributed by atoms with Gasteiger partial charge in [0, 0.05) is 11.5 Å². The minimum absolute atomic E-state index is 0.0522. The summed E-state index contributed by atoms with van der Waals surface area (Å²) in [5.74, 6) is -0.819. The predicted molar refractivity (Wildman–Crippen MR) is 117 cm³/mol. The first-order valence-corrected chi connectivity index (χ1v) is 10.6. The quantitative estimate of drug-likeness (QED) is 0.598. The number of benzene rings is 2. The summed E-state index contributed by atoms with van der Waals surface area (Å²) in [6, 6.07) is 9.52. The molecular formula is C25H24FN3O2. The van der Waals surface area contributed by atoms with Crippen LogP contribution in [-0.2, 0) is 11.2 Å². The number of anilines is 1. The molecule has 2 aliphatic rings. The molecule has 0 bridgehead atoms. The molecule has 2 aromatic carbocycles. The smallest absolute Gasteiger partial charge is 0.307 e. The van der Waals surface area contributed by atoms with Gasteiger partial charge in [0.25, 0.3) is 0 Å². The zero-order chi connectivity index (χ0) is 21.7. The van der Waals surface area contributed by atoms with Gasteiger partial charge >= 0.3 is 5.97 Å². The van der Waals surface area contributed by atoms with Crippen molar-refractivity contribution in [3.63, 3.8) is 0 Å². The highest BCUT2D eigenvalue weighted by molar-refractivity contribution is 5.76. The molecule has 1 saturated carbocycles. The van der Waals surface area contributed by atoms with E-state index in [1.165, 1.54) is 16.7 Å². The number of aliphatic carboxylic acids is 1. The van der Waals surface area contributed by atoms with Gasteiger partial charge in [0.1, 0.15) is 11.6 Å². The van der Waals surface area contributed by atoms with Gasteiger partial charge in [-0.1, -0.05) is 24.3 Å². The van der Waals surface area contributed by atoms with Gasteiger partial charge in [-0.25, -0.2) is 9.37 Å². The molecule has 6 heteroatoms. The monoisotopic (exact) mass is 417 g/mol. The van der Waals surface area contributed by atoms with Crippen molar-refractivity contribution in [2.75, 3.05) is 5.32 Å². The average Bonchev–Trinajstić information content (AvgIpc) is 3.44. The standard InChI is InChI=1S/C25H24FN3O2/c1-13-4-3-5-14(2)23(13)15-6-8-19(26)24-16(15)7-9-20(24)29-22-12-27-21(11-28-22)17-10-18(17)25(30)31/h3-6,8,11-12,17-18,20H,7,9-10H2,1-2H3,(H,28,29)(H,30,31)/t17-,18-,20+/m0/s1. The van der Waals surface area contributed by atoms with E-state index in [-0.39, 0.29) is 23.7 Å². The fourth-order valence-corrected chi connectivity index (χ4v) is 4.91. The summed E-state index contributed by atoms with van der Waals surface area (Å²) in [7, 11) is 0. The summed E-state index contributed by atoms with van der Waals surface area (Å²) in [5, 5.41) is 12.4. The van der Waals surface area contributed by atoms with Crippen LogP contribution >= 0.6 is 0 Å². The molecule has 5 rings (SSSR count). The van der Waals surface area contributed by atoms with Crippen LogP contribution in [0.25, 0.3) is 11.1 Å². The molecule has 1 heterocycles. The minimum Gasteiger partial charge on any atom is -0.481 e. The van der Waals surface area contributed by atoms with Gasteiger partial charge in [-0.3, -0.25) is 9.78 Å². The number of carboxylic acids is 1. The number of aryl methyl sites for hydroxylation is 2. The van der Waals surface area contributed by atoms with Gasteiger partial charge in [0.05, 0.1) is 30.0 Å². The van der Waals surface area contributed by atoms with Crippen LogP contribution in [0.15, 0.2) is 42.7 Å². The van der Waals surface area contributed by atoms with Gasteiger partial charge < -0.3 is 10.4 Å². The maximum atomic E-state index is 14.9. The molecule has 31 heavy (non-hydrogen) atoms. The van der Waals surface area contributed by atoms with E-state index < -0.39 is 5.97 Å². The van der Waals surface area contributed by atoms with E-state index >= 15 is 0 Å². The molecule has 0 amide bonds. The number of rotatable bonds is 5. The Morgan fingerprint density at radius 3 is 2.55 bits per heavy atom. The number of hydrogen-bond donors (Lipinski definition) is 2. The lowest BCUT2D eigenvalue weighted by Crippen LogP contribution is -2.11. The molecule has 1 fully saturated rings. The Hall–Kier alpha value is -3.28. The van der Waals surface area contributed by atoms with Crippen LogP contribution in [0.4, 0.5) is 10.2 Å². The lowest BCUT2D eigenvalue weighted by Gasteiger charge is -2.18. The third-order valence-electron chi connectivity index (χ3n) is 6.57. The third-order valence-corrected chi connectivity index (χ3v) is 6.57. The normalized spacial score (nSPS) is 21.6. The van der Waals surface area contributed by atoms with E-state index in [1.807, 2.05) is 12.1 Å². The maximum Gasteiger partial charge on any atom is 0.307 e. The Balaban J connectivity index is 1.42. The second-order valence-corrected chi connectivity index (χ2v) is 8.60. The van der Waals surface area contributed by atoms with E-state index in [2.05, 4.69) is 41.3 Å². The number of carboxylic acid groups (broad SMARTS) is 1. The van der Waals surface area contributed by atoms with Gasteiger partial charge in [-0.05, 0) is 67.0 Å². The summed E-state index contributed by atoms with van der Waals surface area (Å²) < 4.78 is 14.9. The number of nitrogens with one attached hydrogen (secondary N) is 1. The highest BCUT2D eigenvalue weighted by Gasteiger charge is 2.45. The fraction of sp³-hybridized carbons (Fsp3) is 0.320. The Bertz CT molecular complexity index is 1160. The molecular weight excluding hydrogens is 393 g/mol. The Labute approximate surface area is 180 Å². The van der Waals surface area contributed by atoms with Crippen LogP contribution in [-0.4, -0.2) is 21.0 Å². The molecule has 2 aliphatic carbocycles. The van der Waals surface area contributed by atoms with E-state index in [0.29, 0.717) is 23.5 Å². The first kappa shape index (κ1) is 19.7. The molecule has 0 spiro atoms.